The van der Waals surface area contributed by atoms with Gasteiger partial charge < -0.3 is 15.1 Å². The molecule has 0 aliphatic rings. The van der Waals surface area contributed by atoms with E-state index in [0.29, 0.717) is 23.0 Å². The molecule has 0 saturated carbocycles. The highest BCUT2D eigenvalue weighted by molar-refractivity contribution is 5.89. The smallest absolute Gasteiger partial charge is 0.299 e. The van der Waals surface area contributed by atoms with Gasteiger partial charge in [-0.05, 0) is 42.3 Å². The molecule has 0 bridgehead atoms. The first-order valence-electron chi connectivity index (χ1n) is 7.94. The predicted molar refractivity (Wildman–Crippen MR) is 95.3 cm³/mol. The van der Waals surface area contributed by atoms with Crippen molar-refractivity contribution in [3.8, 4) is 11.3 Å². The second-order valence-electron chi connectivity index (χ2n) is 5.62. The van der Waals surface area contributed by atoms with Crippen molar-refractivity contribution in [3.63, 3.8) is 0 Å². The molecule has 0 saturated heterocycles. The normalized spacial score (nSPS) is 10.5. The van der Waals surface area contributed by atoms with Crippen molar-refractivity contribution >= 4 is 23.3 Å². The maximum Gasteiger partial charge on any atom is 0.299 e. The zero-order chi connectivity index (χ0) is 17.8. The molecular weight excluding hydrogens is 321 g/mol. The number of hydrogen-bond donors (Lipinski definition) is 2. The number of benzene rings is 2. The Bertz CT molecular complexity index is 905. The van der Waals surface area contributed by atoms with Gasteiger partial charge in [0.05, 0.1) is 6.20 Å². The van der Waals surface area contributed by atoms with Crippen molar-refractivity contribution in [2.45, 2.75) is 20.3 Å². The number of aryl methyl sites for hydroxylation is 1. The Kier molecular flexibility index (Phi) is 4.79. The first-order chi connectivity index (χ1) is 12.0. The Morgan fingerprint density at radius 2 is 2.00 bits per heavy atom. The van der Waals surface area contributed by atoms with E-state index >= 15 is 0 Å². The summed E-state index contributed by atoms with van der Waals surface area (Å²) in [5, 5.41) is 5.85. The van der Waals surface area contributed by atoms with Crippen LogP contribution in [0.4, 0.5) is 21.8 Å². The largest absolute Gasteiger partial charge is 0.423 e. The lowest BCUT2D eigenvalue weighted by atomic mass is 10.1. The molecule has 0 radical (unpaired) electrons. The summed E-state index contributed by atoms with van der Waals surface area (Å²) in [5.74, 6) is -0.00143. The van der Waals surface area contributed by atoms with Crippen LogP contribution in [0.15, 0.2) is 53.1 Å². The summed E-state index contributed by atoms with van der Waals surface area (Å²) in [6, 6.07) is 12.1. The minimum absolute atomic E-state index is 0.135. The third-order valence-corrected chi connectivity index (χ3v) is 3.59. The molecule has 6 heteroatoms. The molecule has 5 nitrogen and oxygen atoms in total. The van der Waals surface area contributed by atoms with Crippen molar-refractivity contribution < 1.29 is 13.6 Å². The lowest BCUT2D eigenvalue weighted by molar-refractivity contribution is -0.114. The van der Waals surface area contributed by atoms with E-state index in [1.54, 1.807) is 18.2 Å². The molecule has 0 fully saturated rings. The van der Waals surface area contributed by atoms with Gasteiger partial charge in [-0.2, -0.15) is 0 Å². The lowest BCUT2D eigenvalue weighted by Crippen LogP contribution is -2.06. The predicted octanol–water partition coefficient (Wildman–Crippen LogP) is 4.75. The number of carbonyl (C=O) groups excluding carboxylic acids is 1. The highest BCUT2D eigenvalue weighted by Gasteiger charge is 2.09. The molecular formula is C19H18FN3O2. The van der Waals surface area contributed by atoms with Crippen LogP contribution in [0, 0.1) is 5.82 Å². The molecule has 0 aliphatic carbocycles. The second kappa shape index (κ2) is 7.17. The molecule has 25 heavy (non-hydrogen) atoms. The number of nitrogens with one attached hydrogen (secondary N) is 2. The quantitative estimate of drug-likeness (QED) is 0.704. The molecule has 128 valence electrons. The summed E-state index contributed by atoms with van der Waals surface area (Å²) >= 11 is 0. The van der Waals surface area contributed by atoms with Gasteiger partial charge in [0.25, 0.3) is 6.01 Å². The monoisotopic (exact) mass is 339 g/mol. The molecule has 3 rings (SSSR count). The van der Waals surface area contributed by atoms with Crippen LogP contribution < -0.4 is 10.6 Å². The molecule has 2 N–H and O–H groups in total. The van der Waals surface area contributed by atoms with Crippen LogP contribution in [0.5, 0.6) is 0 Å². The summed E-state index contributed by atoms with van der Waals surface area (Å²) in [4.78, 5) is 15.5. The van der Waals surface area contributed by atoms with Gasteiger partial charge in [0.15, 0.2) is 5.76 Å². The number of hydrogen-bond acceptors (Lipinski definition) is 4. The molecule has 1 heterocycles. The first-order valence-corrected chi connectivity index (χ1v) is 7.94. The van der Waals surface area contributed by atoms with Crippen molar-refractivity contribution in [1.29, 1.82) is 0 Å². The fraction of sp³-hybridized carbons (Fsp3) is 0.158. The van der Waals surface area contributed by atoms with E-state index in [1.165, 1.54) is 25.3 Å². The molecule has 0 spiro atoms. The fourth-order valence-corrected chi connectivity index (χ4v) is 2.47. The Balaban J connectivity index is 1.84. The van der Waals surface area contributed by atoms with Crippen LogP contribution in [0.3, 0.4) is 0 Å². The standard InChI is InChI=1S/C19H18FN3O2/c1-3-13-7-16(22-12(2)24)10-17(8-13)23-19-21-11-18(25-19)14-5-4-6-15(20)9-14/h4-11H,3H2,1-2H3,(H,21,23)(H,22,24). The maximum absolute atomic E-state index is 13.3. The number of carbonyl (C=O) groups is 1. The highest BCUT2D eigenvalue weighted by atomic mass is 19.1. The van der Waals surface area contributed by atoms with Gasteiger partial charge >= 0.3 is 0 Å². The van der Waals surface area contributed by atoms with Crippen LogP contribution in [0.25, 0.3) is 11.3 Å². The summed E-state index contributed by atoms with van der Waals surface area (Å²) < 4.78 is 19.0. The third kappa shape index (κ3) is 4.23. The van der Waals surface area contributed by atoms with Gasteiger partial charge in [0.2, 0.25) is 5.91 Å². The molecule has 2 aromatic carbocycles. The number of oxazole rings is 1. The van der Waals surface area contributed by atoms with Crippen LogP contribution in [-0.2, 0) is 11.2 Å². The summed E-state index contributed by atoms with van der Waals surface area (Å²) in [6.07, 6.45) is 2.36. The van der Waals surface area contributed by atoms with Gasteiger partial charge in [-0.1, -0.05) is 19.1 Å². The summed E-state index contributed by atoms with van der Waals surface area (Å²) in [5.41, 5.74) is 3.12. The first kappa shape index (κ1) is 16.7. The second-order valence-corrected chi connectivity index (χ2v) is 5.62. The lowest BCUT2D eigenvalue weighted by Gasteiger charge is -2.09. The molecule has 1 aromatic heterocycles. The number of amides is 1. The van der Waals surface area contributed by atoms with Crippen LogP contribution >= 0.6 is 0 Å². The average molecular weight is 339 g/mol. The van der Waals surface area contributed by atoms with Gasteiger partial charge in [0, 0.05) is 23.9 Å². The minimum Gasteiger partial charge on any atom is -0.423 e. The zero-order valence-electron chi connectivity index (χ0n) is 14.0. The SMILES string of the molecule is CCc1cc(NC(C)=O)cc(Nc2ncc(-c3cccc(F)c3)o2)c1. The highest BCUT2D eigenvalue weighted by Crippen LogP contribution is 2.27. The maximum atomic E-state index is 13.3. The average Bonchev–Trinajstić information content (AvgIpc) is 3.02. The van der Waals surface area contributed by atoms with Crippen LogP contribution in [0.2, 0.25) is 0 Å². The van der Waals surface area contributed by atoms with Gasteiger partial charge in [-0.25, -0.2) is 9.37 Å². The number of rotatable bonds is 5. The van der Waals surface area contributed by atoms with Crippen molar-refractivity contribution in [1.82, 2.24) is 4.98 Å². The number of nitrogens with zero attached hydrogens (tertiary/aromatic N) is 1. The van der Waals surface area contributed by atoms with Gasteiger partial charge in [-0.15, -0.1) is 0 Å². The molecule has 3 aromatic rings. The Hall–Kier alpha value is -3.15. The Labute approximate surface area is 144 Å². The van der Waals surface area contributed by atoms with E-state index in [2.05, 4.69) is 15.6 Å². The van der Waals surface area contributed by atoms with E-state index in [-0.39, 0.29) is 11.7 Å². The van der Waals surface area contributed by atoms with Crippen LogP contribution in [-0.4, -0.2) is 10.9 Å². The number of anilines is 3. The van der Waals surface area contributed by atoms with E-state index in [1.807, 2.05) is 19.1 Å². The van der Waals surface area contributed by atoms with Crippen molar-refractivity contribution in [2.75, 3.05) is 10.6 Å². The van der Waals surface area contributed by atoms with Gasteiger partial charge in [0.1, 0.15) is 5.82 Å². The zero-order valence-corrected chi connectivity index (χ0v) is 14.0. The van der Waals surface area contributed by atoms with Crippen molar-refractivity contribution in [3.05, 3.63) is 60.0 Å². The molecule has 0 atom stereocenters. The number of aromatic nitrogens is 1. The summed E-state index contributed by atoms with van der Waals surface area (Å²) in [7, 11) is 0. The van der Waals surface area contributed by atoms with E-state index < -0.39 is 0 Å². The fourth-order valence-electron chi connectivity index (χ4n) is 2.47. The van der Waals surface area contributed by atoms with Gasteiger partial charge in [-0.3, -0.25) is 4.79 Å². The Morgan fingerprint density at radius 1 is 1.20 bits per heavy atom. The summed E-state index contributed by atoms with van der Waals surface area (Å²) in [6.45, 7) is 3.49. The topological polar surface area (TPSA) is 67.2 Å². The van der Waals surface area contributed by atoms with E-state index in [9.17, 15) is 9.18 Å². The molecule has 0 unspecified atom stereocenters. The van der Waals surface area contributed by atoms with Crippen molar-refractivity contribution in [2.24, 2.45) is 0 Å². The van der Waals surface area contributed by atoms with E-state index in [0.717, 1.165) is 17.7 Å². The molecule has 0 aliphatic heterocycles. The van der Waals surface area contributed by atoms with E-state index in [4.69, 9.17) is 4.42 Å². The number of halogens is 1. The minimum atomic E-state index is -0.334. The Morgan fingerprint density at radius 3 is 2.72 bits per heavy atom. The third-order valence-electron chi connectivity index (χ3n) is 3.59. The molecule has 1 amide bonds. The van der Waals surface area contributed by atoms with Crippen LogP contribution in [0.1, 0.15) is 19.4 Å².